The van der Waals surface area contributed by atoms with Crippen LogP contribution >= 0.6 is 0 Å². The summed E-state index contributed by atoms with van der Waals surface area (Å²) < 4.78 is 9.43. The number of hydrogen-bond acceptors (Lipinski definition) is 5. The van der Waals surface area contributed by atoms with Crippen LogP contribution in [-0.4, -0.2) is 24.7 Å². The number of nitrogens with one attached hydrogen (secondary N) is 2. The molecule has 0 aliphatic carbocycles. The summed E-state index contributed by atoms with van der Waals surface area (Å²) in [6.07, 6.45) is -0.631. The molecule has 6 heteroatoms. The molecule has 2 N–H and O–H groups in total. The number of esters is 1. The summed E-state index contributed by atoms with van der Waals surface area (Å²) in [7, 11) is 0. The van der Waals surface area contributed by atoms with Gasteiger partial charge >= 0.3 is 12.1 Å². The van der Waals surface area contributed by atoms with Gasteiger partial charge in [0.05, 0.1) is 0 Å². The van der Waals surface area contributed by atoms with Gasteiger partial charge in [0.1, 0.15) is 13.2 Å². The van der Waals surface area contributed by atoms with Crippen molar-refractivity contribution in [2.24, 2.45) is 0 Å². The Kier molecular flexibility index (Phi) is 3.56. The van der Waals surface area contributed by atoms with Gasteiger partial charge in [-0.1, -0.05) is 30.3 Å². The van der Waals surface area contributed by atoms with Crippen LogP contribution < -0.4 is 10.9 Å². The molecule has 0 aromatic heterocycles. The third-order valence-corrected chi connectivity index (χ3v) is 2.24. The summed E-state index contributed by atoms with van der Waals surface area (Å²) in [6, 6.07) is 8.83. The number of carbonyl (C=O) groups excluding carboxylic acids is 2. The first-order valence-electron chi connectivity index (χ1n) is 5.14. The van der Waals surface area contributed by atoms with E-state index in [1.54, 1.807) is 0 Å². The molecule has 2 rings (SSSR count). The van der Waals surface area contributed by atoms with Crippen LogP contribution in [0.5, 0.6) is 0 Å². The van der Waals surface area contributed by atoms with Crippen LogP contribution in [0.3, 0.4) is 0 Å². The van der Waals surface area contributed by atoms with Gasteiger partial charge in [0, 0.05) is 0 Å². The molecular formula is C11H12N2O4. The quantitative estimate of drug-likeness (QED) is 0.582. The van der Waals surface area contributed by atoms with Crippen LogP contribution in [0.4, 0.5) is 4.79 Å². The van der Waals surface area contributed by atoms with E-state index in [-0.39, 0.29) is 19.2 Å². The van der Waals surface area contributed by atoms with Gasteiger partial charge in [0.15, 0.2) is 6.04 Å². The molecule has 0 saturated carbocycles. The van der Waals surface area contributed by atoms with Crippen molar-refractivity contribution >= 4 is 12.1 Å². The Balaban J connectivity index is 1.66. The summed E-state index contributed by atoms with van der Waals surface area (Å²) in [5, 5.41) is 0. The minimum absolute atomic E-state index is 0.184. The molecule has 1 aliphatic rings. The molecule has 0 radical (unpaired) electrons. The SMILES string of the molecule is O=C(NNC1COC1=O)OCc1ccccc1. The maximum absolute atomic E-state index is 11.2. The Morgan fingerprint density at radius 3 is 2.76 bits per heavy atom. The summed E-state index contributed by atoms with van der Waals surface area (Å²) in [6.45, 7) is 0.446. The van der Waals surface area contributed by atoms with Crippen molar-refractivity contribution in [3.05, 3.63) is 35.9 Å². The smallest absolute Gasteiger partial charge is 0.421 e. The van der Waals surface area contributed by atoms with Crippen LogP contribution in [0.2, 0.25) is 0 Å². The number of hydrazine groups is 1. The maximum atomic E-state index is 11.2. The summed E-state index contributed by atoms with van der Waals surface area (Å²) >= 11 is 0. The molecule has 1 fully saturated rings. The molecule has 1 saturated heterocycles. The van der Waals surface area contributed by atoms with Crippen LogP contribution in [0.1, 0.15) is 5.56 Å². The van der Waals surface area contributed by atoms with E-state index in [0.717, 1.165) is 5.56 Å². The number of ether oxygens (including phenoxy) is 2. The molecular weight excluding hydrogens is 224 g/mol. The third-order valence-electron chi connectivity index (χ3n) is 2.24. The maximum Gasteiger partial charge on any atom is 0.421 e. The zero-order valence-electron chi connectivity index (χ0n) is 9.01. The minimum atomic E-state index is -0.631. The number of rotatable bonds is 4. The van der Waals surface area contributed by atoms with Crippen molar-refractivity contribution in [2.75, 3.05) is 6.61 Å². The first-order valence-corrected chi connectivity index (χ1v) is 5.14. The molecule has 1 unspecified atom stereocenters. The zero-order chi connectivity index (χ0) is 12.1. The van der Waals surface area contributed by atoms with Gasteiger partial charge in [-0.3, -0.25) is 10.2 Å². The summed E-state index contributed by atoms with van der Waals surface area (Å²) in [5.74, 6) is -0.381. The van der Waals surface area contributed by atoms with Gasteiger partial charge < -0.3 is 9.47 Å². The zero-order valence-corrected chi connectivity index (χ0v) is 9.01. The largest absolute Gasteiger partial charge is 0.462 e. The first kappa shape index (κ1) is 11.4. The highest BCUT2D eigenvalue weighted by molar-refractivity contribution is 5.81. The summed E-state index contributed by atoms with van der Waals surface area (Å²) in [4.78, 5) is 22.0. The highest BCUT2D eigenvalue weighted by Crippen LogP contribution is 2.02. The number of amides is 1. The van der Waals surface area contributed by atoms with Crippen molar-refractivity contribution in [3.8, 4) is 0 Å². The average Bonchev–Trinajstić information content (AvgIpc) is 2.36. The molecule has 1 aromatic carbocycles. The van der Waals surface area contributed by atoms with E-state index in [1.807, 2.05) is 30.3 Å². The molecule has 6 nitrogen and oxygen atoms in total. The molecule has 0 spiro atoms. The van der Waals surface area contributed by atoms with Gasteiger partial charge in [-0.2, -0.15) is 0 Å². The standard InChI is InChI=1S/C11H12N2O4/c14-10-9(7-16-10)12-13-11(15)17-6-8-4-2-1-3-5-8/h1-5,9,12H,6-7H2,(H,13,15). The second-order valence-corrected chi connectivity index (χ2v) is 3.51. The van der Waals surface area contributed by atoms with Crippen LogP contribution in [0.15, 0.2) is 30.3 Å². The average molecular weight is 236 g/mol. The van der Waals surface area contributed by atoms with Crippen LogP contribution in [0, 0.1) is 0 Å². The van der Waals surface area contributed by atoms with Gasteiger partial charge in [-0.15, -0.1) is 0 Å². The van der Waals surface area contributed by atoms with Crippen molar-refractivity contribution in [1.29, 1.82) is 0 Å². The Bertz CT molecular complexity index is 407. The van der Waals surface area contributed by atoms with E-state index in [2.05, 4.69) is 15.6 Å². The lowest BCUT2D eigenvalue weighted by Gasteiger charge is -2.25. The fourth-order valence-corrected chi connectivity index (χ4v) is 1.24. The van der Waals surface area contributed by atoms with E-state index in [4.69, 9.17) is 4.74 Å². The highest BCUT2D eigenvalue weighted by atomic mass is 16.6. The first-order chi connectivity index (χ1) is 8.25. The van der Waals surface area contributed by atoms with Gasteiger partial charge in [-0.05, 0) is 5.56 Å². The third kappa shape index (κ3) is 3.18. The fourth-order valence-electron chi connectivity index (χ4n) is 1.24. The van der Waals surface area contributed by atoms with Crippen molar-refractivity contribution in [3.63, 3.8) is 0 Å². The minimum Gasteiger partial charge on any atom is -0.462 e. The second-order valence-electron chi connectivity index (χ2n) is 3.51. The lowest BCUT2D eigenvalue weighted by atomic mass is 10.2. The lowest BCUT2D eigenvalue weighted by Crippen LogP contribution is -2.57. The topological polar surface area (TPSA) is 76.7 Å². The molecule has 1 amide bonds. The van der Waals surface area contributed by atoms with Crippen molar-refractivity contribution in [1.82, 2.24) is 10.9 Å². The van der Waals surface area contributed by atoms with E-state index in [9.17, 15) is 9.59 Å². The monoisotopic (exact) mass is 236 g/mol. The molecule has 1 heterocycles. The van der Waals surface area contributed by atoms with E-state index in [0.29, 0.717) is 0 Å². The Morgan fingerprint density at radius 2 is 2.18 bits per heavy atom. The molecule has 17 heavy (non-hydrogen) atoms. The van der Waals surface area contributed by atoms with Gasteiger partial charge in [0.2, 0.25) is 0 Å². The Morgan fingerprint density at radius 1 is 1.41 bits per heavy atom. The van der Waals surface area contributed by atoms with Gasteiger partial charge in [-0.25, -0.2) is 10.2 Å². The highest BCUT2D eigenvalue weighted by Gasteiger charge is 2.30. The number of benzene rings is 1. The molecule has 1 aromatic rings. The Hall–Kier alpha value is -2.08. The van der Waals surface area contributed by atoms with E-state index < -0.39 is 12.1 Å². The molecule has 0 bridgehead atoms. The number of carbonyl (C=O) groups is 2. The van der Waals surface area contributed by atoms with Crippen LogP contribution in [-0.2, 0) is 20.9 Å². The van der Waals surface area contributed by atoms with E-state index >= 15 is 0 Å². The normalized spacial score (nSPS) is 17.9. The second kappa shape index (κ2) is 5.31. The van der Waals surface area contributed by atoms with E-state index in [1.165, 1.54) is 0 Å². The fraction of sp³-hybridized carbons (Fsp3) is 0.273. The van der Waals surface area contributed by atoms with Crippen LogP contribution in [0.25, 0.3) is 0 Å². The molecule has 1 aliphatic heterocycles. The lowest BCUT2D eigenvalue weighted by molar-refractivity contribution is -0.163. The number of cyclic esters (lactones) is 1. The molecule has 90 valence electrons. The number of hydrogen-bond donors (Lipinski definition) is 2. The summed E-state index contributed by atoms with van der Waals surface area (Å²) in [5.41, 5.74) is 5.67. The predicted molar refractivity (Wildman–Crippen MR) is 57.6 cm³/mol. The van der Waals surface area contributed by atoms with Crippen molar-refractivity contribution < 1.29 is 19.1 Å². The van der Waals surface area contributed by atoms with Gasteiger partial charge in [0.25, 0.3) is 0 Å². The predicted octanol–water partition coefficient (Wildman–Crippen LogP) is 0.343. The Labute approximate surface area is 97.9 Å². The molecule has 1 atom stereocenters. The van der Waals surface area contributed by atoms with Crippen molar-refractivity contribution in [2.45, 2.75) is 12.6 Å².